The summed E-state index contributed by atoms with van der Waals surface area (Å²) in [6.07, 6.45) is 0. The van der Waals surface area contributed by atoms with Gasteiger partial charge in [0.1, 0.15) is 32.8 Å². The summed E-state index contributed by atoms with van der Waals surface area (Å²) in [4.78, 5) is 30.9. The van der Waals surface area contributed by atoms with E-state index in [4.69, 9.17) is 20.4 Å². The van der Waals surface area contributed by atoms with E-state index < -0.39 is 5.97 Å². The van der Waals surface area contributed by atoms with Gasteiger partial charge in [0.2, 0.25) is 0 Å². The van der Waals surface area contributed by atoms with Crippen molar-refractivity contribution in [3.63, 3.8) is 0 Å². The molecule has 0 amide bonds. The number of carboxylic acids is 1. The predicted molar refractivity (Wildman–Crippen MR) is 100 cm³/mol. The number of hydrogen-bond donors (Lipinski definition) is 2. The molecule has 0 aliphatic rings. The first-order chi connectivity index (χ1) is 12.9. The Bertz CT molecular complexity index is 798. The Balaban J connectivity index is 3.73. The van der Waals surface area contributed by atoms with Crippen LogP contribution >= 0.6 is 0 Å². The molecular weight excluding hydrogens is 356 g/mol. The zero-order valence-electron chi connectivity index (χ0n) is 15.7. The van der Waals surface area contributed by atoms with E-state index in [1.54, 1.807) is 38.1 Å². The van der Waals surface area contributed by atoms with Crippen molar-refractivity contribution >= 4 is 28.9 Å². The fourth-order valence-electron chi connectivity index (χ4n) is 2.32. The van der Waals surface area contributed by atoms with E-state index in [0.29, 0.717) is 22.6 Å². The van der Waals surface area contributed by atoms with Crippen LogP contribution in [0, 0.1) is 0 Å². The third-order valence-electron chi connectivity index (χ3n) is 3.38. The van der Waals surface area contributed by atoms with Gasteiger partial charge in [-0.05, 0) is 13.8 Å². The van der Waals surface area contributed by atoms with Gasteiger partial charge in [0.05, 0.1) is 0 Å². The maximum Gasteiger partial charge on any atom is 0.358 e. The summed E-state index contributed by atoms with van der Waals surface area (Å²) in [5, 5.41) is 20.8. The van der Waals surface area contributed by atoms with Crippen molar-refractivity contribution in [3.05, 3.63) is 41.0 Å². The molecule has 0 aliphatic heterocycles. The quantitative estimate of drug-likeness (QED) is 0.379. The number of oxime groups is 3. The number of benzene rings is 1. The summed E-state index contributed by atoms with van der Waals surface area (Å²) in [5.74, 6) is 4.36. The van der Waals surface area contributed by atoms with Crippen molar-refractivity contribution in [2.45, 2.75) is 13.8 Å². The Morgan fingerprint density at radius 1 is 0.963 bits per heavy atom. The molecule has 27 heavy (non-hydrogen) atoms. The number of rotatable bonds is 9. The highest BCUT2D eigenvalue weighted by molar-refractivity contribution is 6.48. The SMILES string of the molecule is CON=C(C)C(=NOC)C(C)=C(ON)c1ccccc1C(=NOC)C(=O)O. The smallest absolute Gasteiger partial charge is 0.358 e. The average Bonchev–Trinajstić information content (AvgIpc) is 2.65. The second kappa shape index (κ2) is 10.6. The Morgan fingerprint density at radius 3 is 2.00 bits per heavy atom. The molecule has 0 saturated heterocycles. The summed E-state index contributed by atoms with van der Waals surface area (Å²) in [7, 11) is 4.02. The van der Waals surface area contributed by atoms with Crippen molar-refractivity contribution in [1.82, 2.24) is 0 Å². The van der Waals surface area contributed by atoms with Gasteiger partial charge in [-0.2, -0.15) is 5.90 Å². The van der Waals surface area contributed by atoms with Gasteiger partial charge >= 0.3 is 5.97 Å². The maximum absolute atomic E-state index is 11.6. The van der Waals surface area contributed by atoms with Crippen molar-refractivity contribution in [2.24, 2.45) is 21.4 Å². The van der Waals surface area contributed by atoms with E-state index >= 15 is 0 Å². The molecule has 0 atom stereocenters. The third-order valence-corrected chi connectivity index (χ3v) is 3.38. The lowest BCUT2D eigenvalue weighted by Crippen LogP contribution is -2.20. The third kappa shape index (κ3) is 5.28. The Kier molecular flexibility index (Phi) is 8.46. The highest BCUT2D eigenvalue weighted by Gasteiger charge is 2.23. The molecule has 0 radical (unpaired) electrons. The first-order valence-electron chi connectivity index (χ1n) is 7.64. The summed E-state index contributed by atoms with van der Waals surface area (Å²) < 4.78 is 0. The van der Waals surface area contributed by atoms with Gasteiger partial charge in [-0.25, -0.2) is 4.79 Å². The van der Waals surface area contributed by atoms with Gasteiger partial charge in [-0.3, -0.25) is 0 Å². The normalized spacial score (nSPS) is 13.6. The van der Waals surface area contributed by atoms with Crippen LogP contribution in [0.15, 0.2) is 45.3 Å². The minimum absolute atomic E-state index is 0.150. The van der Waals surface area contributed by atoms with Crippen molar-refractivity contribution in [1.29, 1.82) is 0 Å². The largest absolute Gasteiger partial charge is 0.476 e. The number of hydrogen-bond acceptors (Lipinski definition) is 9. The number of allylic oxidation sites excluding steroid dienone is 1. The molecule has 0 heterocycles. The molecule has 3 N–H and O–H groups in total. The van der Waals surface area contributed by atoms with Crippen molar-refractivity contribution in [2.75, 3.05) is 21.3 Å². The lowest BCUT2D eigenvalue weighted by atomic mass is 9.97. The molecule has 10 nitrogen and oxygen atoms in total. The molecular formula is C17H22N4O6. The van der Waals surface area contributed by atoms with Crippen LogP contribution in [-0.4, -0.2) is 49.5 Å². The van der Waals surface area contributed by atoms with Crippen LogP contribution in [0.4, 0.5) is 0 Å². The summed E-state index contributed by atoms with van der Waals surface area (Å²) in [5.41, 5.74) is 1.42. The van der Waals surface area contributed by atoms with E-state index in [1.165, 1.54) is 21.3 Å². The van der Waals surface area contributed by atoms with Crippen molar-refractivity contribution in [3.8, 4) is 0 Å². The van der Waals surface area contributed by atoms with E-state index in [-0.39, 0.29) is 17.0 Å². The number of nitrogens with two attached hydrogens (primary N) is 1. The molecule has 10 heteroatoms. The van der Waals surface area contributed by atoms with E-state index in [0.717, 1.165) is 0 Å². The number of carbonyl (C=O) groups is 1. The minimum atomic E-state index is -1.28. The first kappa shape index (κ1) is 21.6. The molecule has 1 aromatic carbocycles. The first-order valence-corrected chi connectivity index (χ1v) is 7.64. The van der Waals surface area contributed by atoms with Crippen LogP contribution in [0.1, 0.15) is 25.0 Å². The van der Waals surface area contributed by atoms with Gasteiger partial charge in [0.15, 0.2) is 11.5 Å². The van der Waals surface area contributed by atoms with Crippen LogP contribution in [0.3, 0.4) is 0 Å². The van der Waals surface area contributed by atoms with Gasteiger partial charge in [0.25, 0.3) is 0 Å². The minimum Gasteiger partial charge on any atom is -0.476 e. The topological polar surface area (TPSA) is 137 Å². The molecule has 0 bridgehead atoms. The second-order valence-corrected chi connectivity index (χ2v) is 5.03. The summed E-state index contributed by atoms with van der Waals surface area (Å²) in [6, 6.07) is 6.53. The molecule has 0 unspecified atom stereocenters. The molecule has 1 rings (SSSR count). The zero-order valence-corrected chi connectivity index (χ0v) is 15.7. The van der Waals surface area contributed by atoms with Crippen LogP contribution < -0.4 is 5.90 Å². The van der Waals surface area contributed by atoms with E-state index in [2.05, 4.69) is 20.3 Å². The molecule has 0 aromatic heterocycles. The molecule has 0 fully saturated rings. The predicted octanol–water partition coefficient (Wildman–Crippen LogP) is 1.77. The summed E-state index contributed by atoms with van der Waals surface area (Å²) >= 11 is 0. The Labute approximate surface area is 156 Å². The van der Waals surface area contributed by atoms with Gasteiger partial charge in [0, 0.05) is 16.7 Å². The van der Waals surface area contributed by atoms with Gasteiger partial charge in [-0.15, -0.1) is 0 Å². The number of nitrogens with zero attached hydrogens (tertiary/aromatic N) is 3. The standard InChI is InChI=1S/C17H22N4O6/c1-10(14(20-25-4)11(2)19-24-3)16(27-18)13-9-7-6-8-12(13)15(17(22)23)21-26-5/h6-9H,18H2,1-5H3,(H,22,23). The average molecular weight is 378 g/mol. The van der Waals surface area contributed by atoms with Crippen LogP contribution in [0.25, 0.3) is 5.76 Å². The maximum atomic E-state index is 11.6. The molecule has 0 spiro atoms. The Morgan fingerprint density at radius 2 is 1.52 bits per heavy atom. The fourth-order valence-corrected chi connectivity index (χ4v) is 2.32. The van der Waals surface area contributed by atoms with Crippen LogP contribution in [0.2, 0.25) is 0 Å². The van der Waals surface area contributed by atoms with E-state index in [1.807, 2.05) is 0 Å². The highest BCUT2D eigenvalue weighted by atomic mass is 16.6. The molecule has 0 aliphatic carbocycles. The monoisotopic (exact) mass is 378 g/mol. The van der Waals surface area contributed by atoms with Gasteiger partial charge < -0.3 is 24.5 Å². The van der Waals surface area contributed by atoms with Crippen LogP contribution in [-0.2, 0) is 24.1 Å². The highest BCUT2D eigenvalue weighted by Crippen LogP contribution is 2.25. The number of carboxylic acid groups (broad SMARTS) is 1. The number of aliphatic carboxylic acids is 1. The lowest BCUT2D eigenvalue weighted by Gasteiger charge is -2.15. The second-order valence-electron chi connectivity index (χ2n) is 5.03. The summed E-state index contributed by atoms with van der Waals surface area (Å²) in [6.45, 7) is 3.32. The van der Waals surface area contributed by atoms with Gasteiger partial charge in [-0.1, -0.05) is 39.7 Å². The Hall–Kier alpha value is -3.40. The molecule has 1 aromatic rings. The zero-order chi connectivity index (χ0) is 20.4. The fraction of sp³-hybridized carbons (Fsp3) is 0.294. The lowest BCUT2D eigenvalue weighted by molar-refractivity contribution is -0.129. The van der Waals surface area contributed by atoms with E-state index in [9.17, 15) is 9.90 Å². The molecule has 146 valence electrons. The van der Waals surface area contributed by atoms with Crippen molar-refractivity contribution < 1.29 is 29.3 Å². The molecule has 0 saturated carbocycles. The van der Waals surface area contributed by atoms with Crippen LogP contribution in [0.5, 0.6) is 0 Å².